The number of rotatable bonds is 5. The van der Waals surface area contributed by atoms with E-state index < -0.39 is 0 Å². The van der Waals surface area contributed by atoms with Gasteiger partial charge in [-0.1, -0.05) is 47.5 Å². The van der Waals surface area contributed by atoms with Crippen LogP contribution >= 0.6 is 22.9 Å². The highest BCUT2D eigenvalue weighted by Gasteiger charge is 2.18. The van der Waals surface area contributed by atoms with E-state index in [4.69, 9.17) is 11.6 Å². The number of benzene rings is 2. The zero-order valence-corrected chi connectivity index (χ0v) is 18.9. The molecule has 0 saturated heterocycles. The highest BCUT2D eigenvalue weighted by atomic mass is 35.5. The number of anilines is 1. The van der Waals surface area contributed by atoms with Crippen LogP contribution in [0.5, 0.6) is 0 Å². The average Bonchev–Trinajstić information content (AvgIpc) is 3.32. The van der Waals surface area contributed by atoms with Crippen molar-refractivity contribution in [1.29, 1.82) is 0 Å². The lowest BCUT2D eigenvalue weighted by Gasteiger charge is -2.08. The normalized spacial score (nSPS) is 11.0. The van der Waals surface area contributed by atoms with Gasteiger partial charge in [0.2, 0.25) is 11.0 Å². The first kappa shape index (κ1) is 21.1. The van der Waals surface area contributed by atoms with Crippen molar-refractivity contribution in [2.75, 3.05) is 5.32 Å². The standard InChI is InChI=1S/C23H21ClN4O2S/c1-13-4-7-16(8-5-13)20-12-31-23(26-20)28-22(30)18(15(3)27-28)11-21(29)25-19-10-17(24)9-6-14(19)2/h4-10,12,27H,11H2,1-3H3,(H,25,29). The molecule has 4 rings (SSSR count). The van der Waals surface area contributed by atoms with Crippen molar-refractivity contribution in [3.63, 3.8) is 0 Å². The Morgan fingerprint density at radius 1 is 1.16 bits per heavy atom. The Morgan fingerprint density at radius 3 is 2.65 bits per heavy atom. The molecule has 1 amide bonds. The van der Waals surface area contributed by atoms with Crippen LogP contribution in [0.3, 0.4) is 0 Å². The summed E-state index contributed by atoms with van der Waals surface area (Å²) >= 11 is 7.39. The molecule has 0 radical (unpaired) electrons. The second-order valence-electron chi connectivity index (χ2n) is 7.42. The topological polar surface area (TPSA) is 79.8 Å². The number of hydrogen-bond donors (Lipinski definition) is 2. The SMILES string of the molecule is Cc1ccc(-c2csc(-n3[nH]c(C)c(CC(=O)Nc4cc(Cl)ccc4C)c3=O)n2)cc1. The van der Waals surface area contributed by atoms with Crippen LogP contribution in [0.15, 0.2) is 52.6 Å². The molecular weight excluding hydrogens is 432 g/mol. The Balaban J connectivity index is 1.56. The second-order valence-corrected chi connectivity index (χ2v) is 8.69. The van der Waals surface area contributed by atoms with E-state index in [2.05, 4.69) is 15.4 Å². The molecule has 2 heterocycles. The predicted octanol–water partition coefficient (Wildman–Crippen LogP) is 5.05. The number of H-pyrrole nitrogens is 1. The van der Waals surface area contributed by atoms with E-state index in [9.17, 15) is 9.59 Å². The number of carbonyl (C=O) groups is 1. The first-order valence-corrected chi connectivity index (χ1v) is 11.0. The van der Waals surface area contributed by atoms with Crippen LogP contribution in [-0.2, 0) is 11.2 Å². The van der Waals surface area contributed by atoms with E-state index in [0.717, 1.165) is 16.8 Å². The van der Waals surface area contributed by atoms with Crippen molar-refractivity contribution in [2.45, 2.75) is 27.2 Å². The van der Waals surface area contributed by atoms with Gasteiger partial charge < -0.3 is 5.32 Å². The number of aromatic nitrogens is 3. The third-order valence-electron chi connectivity index (χ3n) is 5.04. The summed E-state index contributed by atoms with van der Waals surface area (Å²) in [6, 6.07) is 13.4. The smallest absolute Gasteiger partial charge is 0.277 e. The molecule has 0 fully saturated rings. The van der Waals surface area contributed by atoms with Crippen molar-refractivity contribution in [3.05, 3.63) is 85.6 Å². The molecule has 0 bridgehead atoms. The van der Waals surface area contributed by atoms with Crippen LogP contribution in [0.2, 0.25) is 5.02 Å². The largest absolute Gasteiger partial charge is 0.326 e. The third kappa shape index (κ3) is 4.47. The molecule has 0 aliphatic rings. The van der Waals surface area contributed by atoms with E-state index in [0.29, 0.717) is 27.1 Å². The van der Waals surface area contributed by atoms with Gasteiger partial charge in [0.05, 0.1) is 12.1 Å². The van der Waals surface area contributed by atoms with Gasteiger partial charge in [-0.3, -0.25) is 14.7 Å². The fourth-order valence-electron chi connectivity index (χ4n) is 3.23. The molecule has 4 aromatic rings. The maximum absolute atomic E-state index is 13.0. The Bertz CT molecular complexity index is 1320. The van der Waals surface area contributed by atoms with E-state index in [1.807, 2.05) is 49.6 Å². The van der Waals surface area contributed by atoms with Crippen LogP contribution in [0.4, 0.5) is 5.69 Å². The molecule has 2 aromatic carbocycles. The van der Waals surface area contributed by atoms with Crippen LogP contribution < -0.4 is 10.9 Å². The summed E-state index contributed by atoms with van der Waals surface area (Å²) in [6.07, 6.45) is -0.0453. The molecule has 31 heavy (non-hydrogen) atoms. The van der Waals surface area contributed by atoms with Gasteiger partial charge in [-0.2, -0.15) is 4.68 Å². The van der Waals surface area contributed by atoms with E-state index >= 15 is 0 Å². The molecule has 2 aromatic heterocycles. The Labute approximate surface area is 188 Å². The summed E-state index contributed by atoms with van der Waals surface area (Å²) in [5, 5.41) is 8.86. The van der Waals surface area contributed by atoms with E-state index in [-0.39, 0.29) is 17.9 Å². The van der Waals surface area contributed by atoms with Crippen molar-refractivity contribution in [3.8, 4) is 16.4 Å². The third-order valence-corrected chi connectivity index (χ3v) is 6.10. The van der Waals surface area contributed by atoms with Crippen molar-refractivity contribution >= 4 is 34.5 Å². The molecule has 0 unspecified atom stereocenters. The van der Waals surface area contributed by atoms with Crippen molar-refractivity contribution < 1.29 is 4.79 Å². The maximum atomic E-state index is 13.0. The molecule has 2 N–H and O–H groups in total. The summed E-state index contributed by atoms with van der Waals surface area (Å²) in [7, 11) is 0. The van der Waals surface area contributed by atoms with Gasteiger partial charge in [0, 0.05) is 32.9 Å². The molecule has 6 nitrogen and oxygen atoms in total. The van der Waals surface area contributed by atoms with Crippen LogP contribution in [-0.4, -0.2) is 20.7 Å². The van der Waals surface area contributed by atoms with Crippen LogP contribution in [0, 0.1) is 20.8 Å². The quantitative estimate of drug-likeness (QED) is 0.444. The summed E-state index contributed by atoms with van der Waals surface area (Å²) in [6.45, 7) is 5.69. The number of halogens is 1. The maximum Gasteiger partial charge on any atom is 0.277 e. The molecule has 158 valence electrons. The lowest BCUT2D eigenvalue weighted by Crippen LogP contribution is -2.22. The van der Waals surface area contributed by atoms with Gasteiger partial charge in [-0.15, -0.1) is 11.3 Å². The molecule has 0 atom stereocenters. The summed E-state index contributed by atoms with van der Waals surface area (Å²) in [5.41, 5.74) is 5.25. The monoisotopic (exact) mass is 452 g/mol. The first-order chi connectivity index (χ1) is 14.8. The van der Waals surface area contributed by atoms with E-state index in [1.165, 1.54) is 21.6 Å². The highest BCUT2D eigenvalue weighted by Crippen LogP contribution is 2.24. The Hall–Kier alpha value is -3.16. The zero-order valence-electron chi connectivity index (χ0n) is 17.3. The minimum atomic E-state index is -0.281. The summed E-state index contributed by atoms with van der Waals surface area (Å²) in [5.74, 6) is -0.281. The van der Waals surface area contributed by atoms with Crippen LogP contribution in [0.25, 0.3) is 16.4 Å². The van der Waals surface area contributed by atoms with E-state index in [1.54, 1.807) is 19.1 Å². The number of nitrogens with zero attached hydrogens (tertiary/aromatic N) is 2. The molecule has 0 aliphatic carbocycles. The first-order valence-electron chi connectivity index (χ1n) is 9.71. The van der Waals surface area contributed by atoms with Gasteiger partial charge in [-0.05, 0) is 38.5 Å². The number of thiazole rings is 1. The van der Waals surface area contributed by atoms with Gasteiger partial charge in [0.1, 0.15) is 0 Å². The lowest BCUT2D eigenvalue weighted by molar-refractivity contribution is -0.115. The van der Waals surface area contributed by atoms with Crippen molar-refractivity contribution in [2.24, 2.45) is 0 Å². The van der Waals surface area contributed by atoms with Crippen LogP contribution in [0.1, 0.15) is 22.4 Å². The second kappa shape index (κ2) is 8.53. The average molecular weight is 453 g/mol. The Morgan fingerprint density at radius 2 is 1.90 bits per heavy atom. The fraction of sp³-hybridized carbons (Fsp3) is 0.174. The predicted molar refractivity (Wildman–Crippen MR) is 125 cm³/mol. The van der Waals surface area contributed by atoms with Gasteiger partial charge in [0.15, 0.2) is 0 Å². The number of aryl methyl sites for hydroxylation is 3. The molecule has 0 spiro atoms. The number of aromatic amines is 1. The number of nitrogens with one attached hydrogen (secondary N) is 2. The Kier molecular flexibility index (Phi) is 5.80. The minimum Gasteiger partial charge on any atom is -0.326 e. The number of amides is 1. The van der Waals surface area contributed by atoms with Gasteiger partial charge >= 0.3 is 0 Å². The van der Waals surface area contributed by atoms with Gasteiger partial charge in [0.25, 0.3) is 5.56 Å². The zero-order chi connectivity index (χ0) is 22.1. The van der Waals surface area contributed by atoms with Crippen molar-refractivity contribution in [1.82, 2.24) is 14.8 Å². The molecule has 8 heteroatoms. The molecule has 0 saturated carbocycles. The lowest BCUT2D eigenvalue weighted by atomic mass is 10.1. The molecule has 0 aliphatic heterocycles. The minimum absolute atomic E-state index is 0.0453. The summed E-state index contributed by atoms with van der Waals surface area (Å²) in [4.78, 5) is 30.2. The number of hydrogen-bond acceptors (Lipinski definition) is 4. The summed E-state index contributed by atoms with van der Waals surface area (Å²) < 4.78 is 1.39. The fourth-order valence-corrected chi connectivity index (χ4v) is 4.19. The molecular formula is C23H21ClN4O2S. The van der Waals surface area contributed by atoms with Gasteiger partial charge in [-0.25, -0.2) is 4.98 Å². The number of carbonyl (C=O) groups excluding carboxylic acids is 1. The highest BCUT2D eigenvalue weighted by molar-refractivity contribution is 7.12.